The minimum Gasteiger partial charge on any atom is -0.481 e. The summed E-state index contributed by atoms with van der Waals surface area (Å²) < 4.78 is 1.61. The van der Waals surface area contributed by atoms with Crippen LogP contribution in [0.5, 0.6) is 0 Å². The molecule has 0 aromatic carbocycles. The molecule has 1 saturated heterocycles. The van der Waals surface area contributed by atoms with E-state index in [9.17, 15) is 9.59 Å². The lowest BCUT2D eigenvalue weighted by Crippen LogP contribution is -2.46. The van der Waals surface area contributed by atoms with Crippen LogP contribution in [0.15, 0.2) is 16.2 Å². The Balaban J connectivity index is 1.70. The van der Waals surface area contributed by atoms with Crippen LogP contribution in [0, 0.1) is 12.8 Å². The van der Waals surface area contributed by atoms with Crippen molar-refractivity contribution in [1.29, 1.82) is 0 Å². The number of carboxylic acid groups (broad SMARTS) is 1. The number of nitrogens with zero attached hydrogens (tertiary/aromatic N) is 3. The quantitative estimate of drug-likeness (QED) is 0.909. The van der Waals surface area contributed by atoms with Gasteiger partial charge >= 0.3 is 5.97 Å². The highest BCUT2D eigenvalue weighted by molar-refractivity contribution is 7.15. The number of hydrogen-bond acceptors (Lipinski definition) is 5. The zero-order valence-electron chi connectivity index (χ0n) is 11.1. The molecule has 0 atom stereocenters. The molecule has 20 heavy (non-hydrogen) atoms. The zero-order valence-corrected chi connectivity index (χ0v) is 11.9. The maximum absolute atomic E-state index is 12.0. The Morgan fingerprint density at radius 2 is 2.30 bits per heavy atom. The average Bonchev–Trinajstić information content (AvgIpc) is 2.68. The molecule has 6 nitrogen and oxygen atoms in total. The fraction of sp³-hybridized carbons (Fsp3) is 0.462. The van der Waals surface area contributed by atoms with E-state index in [1.807, 2.05) is 12.3 Å². The summed E-state index contributed by atoms with van der Waals surface area (Å²) in [5, 5.41) is 10.6. The summed E-state index contributed by atoms with van der Waals surface area (Å²) >= 11 is 1.46. The van der Waals surface area contributed by atoms with Gasteiger partial charge in [-0.05, 0) is 12.8 Å². The van der Waals surface area contributed by atoms with Crippen molar-refractivity contribution in [3.8, 4) is 0 Å². The Bertz CT molecular complexity index is 715. The molecule has 1 aliphatic rings. The number of aromatic nitrogens is 2. The highest BCUT2D eigenvalue weighted by Gasteiger charge is 2.28. The highest BCUT2D eigenvalue weighted by atomic mass is 32.1. The maximum Gasteiger partial charge on any atom is 0.303 e. The van der Waals surface area contributed by atoms with Crippen LogP contribution in [-0.4, -0.2) is 38.4 Å². The van der Waals surface area contributed by atoms with Crippen LogP contribution in [0.1, 0.15) is 17.8 Å². The number of aliphatic carboxylic acids is 1. The minimum atomic E-state index is -0.749. The summed E-state index contributed by atoms with van der Waals surface area (Å²) in [4.78, 5) is 29.9. The molecule has 1 fully saturated rings. The summed E-state index contributed by atoms with van der Waals surface area (Å²) in [5.74, 6) is -0.525. The summed E-state index contributed by atoms with van der Waals surface area (Å²) in [6, 6.07) is 1.57. The van der Waals surface area contributed by atoms with Crippen LogP contribution in [0.4, 0.5) is 0 Å². The minimum absolute atomic E-state index is 0.0497. The lowest BCUT2D eigenvalue weighted by molar-refractivity contribution is -0.139. The number of thiazole rings is 1. The molecule has 0 spiro atoms. The van der Waals surface area contributed by atoms with Crippen molar-refractivity contribution in [2.24, 2.45) is 5.92 Å². The molecule has 3 heterocycles. The van der Waals surface area contributed by atoms with E-state index in [-0.39, 0.29) is 17.9 Å². The lowest BCUT2D eigenvalue weighted by Gasteiger charge is -2.38. The van der Waals surface area contributed by atoms with Crippen LogP contribution in [0.2, 0.25) is 0 Å². The van der Waals surface area contributed by atoms with Crippen LogP contribution >= 0.6 is 11.3 Å². The largest absolute Gasteiger partial charge is 0.481 e. The van der Waals surface area contributed by atoms with Crippen LogP contribution < -0.4 is 5.56 Å². The van der Waals surface area contributed by atoms with Crippen LogP contribution in [0.3, 0.4) is 0 Å². The number of aryl methyl sites for hydroxylation is 1. The summed E-state index contributed by atoms with van der Waals surface area (Å²) in [6.07, 6.45) is 0.218. The Kier molecular flexibility index (Phi) is 3.31. The molecule has 2 aromatic heterocycles. The van der Waals surface area contributed by atoms with E-state index in [4.69, 9.17) is 5.11 Å². The molecule has 0 aliphatic carbocycles. The average molecular weight is 293 g/mol. The molecular formula is C13H15N3O3S. The monoisotopic (exact) mass is 293 g/mol. The molecule has 1 aliphatic heterocycles. The van der Waals surface area contributed by atoms with Crippen molar-refractivity contribution in [3.05, 3.63) is 33.2 Å². The molecule has 0 bridgehead atoms. The third kappa shape index (κ3) is 2.46. The van der Waals surface area contributed by atoms with Crippen molar-refractivity contribution in [2.45, 2.75) is 19.9 Å². The fourth-order valence-electron chi connectivity index (χ4n) is 2.59. The van der Waals surface area contributed by atoms with Gasteiger partial charge in [-0.25, -0.2) is 4.98 Å². The first-order valence-electron chi connectivity index (χ1n) is 6.44. The summed E-state index contributed by atoms with van der Waals surface area (Å²) in [6.45, 7) is 4.02. The maximum atomic E-state index is 12.0. The predicted octanol–water partition coefficient (Wildman–Crippen LogP) is 0.971. The first-order valence-corrected chi connectivity index (χ1v) is 7.32. The summed E-state index contributed by atoms with van der Waals surface area (Å²) in [5.41, 5.74) is 1.61. The van der Waals surface area contributed by atoms with Gasteiger partial charge in [-0.15, -0.1) is 11.3 Å². The van der Waals surface area contributed by atoms with E-state index in [0.29, 0.717) is 11.5 Å². The number of fused-ring (bicyclic) bond motifs is 1. The Labute approximate surface area is 119 Å². The normalized spacial score (nSPS) is 16.4. The first kappa shape index (κ1) is 13.3. The number of hydrogen-bond donors (Lipinski definition) is 1. The Morgan fingerprint density at radius 3 is 3.00 bits per heavy atom. The van der Waals surface area contributed by atoms with Gasteiger partial charge in [0.2, 0.25) is 0 Å². The van der Waals surface area contributed by atoms with Gasteiger partial charge in [0.1, 0.15) is 0 Å². The fourth-order valence-corrected chi connectivity index (χ4v) is 3.48. The third-order valence-electron chi connectivity index (χ3n) is 3.51. The summed E-state index contributed by atoms with van der Waals surface area (Å²) in [7, 11) is 0. The highest BCUT2D eigenvalue weighted by Crippen LogP contribution is 2.21. The third-order valence-corrected chi connectivity index (χ3v) is 4.45. The molecule has 3 rings (SSSR count). The van der Waals surface area contributed by atoms with E-state index >= 15 is 0 Å². The Morgan fingerprint density at radius 1 is 1.55 bits per heavy atom. The molecule has 1 N–H and O–H groups in total. The molecular weight excluding hydrogens is 278 g/mol. The van der Waals surface area contributed by atoms with Gasteiger partial charge in [0, 0.05) is 36.8 Å². The van der Waals surface area contributed by atoms with Gasteiger partial charge in [0.05, 0.1) is 12.1 Å². The second-order valence-electron chi connectivity index (χ2n) is 5.24. The molecule has 106 valence electrons. The van der Waals surface area contributed by atoms with Gasteiger partial charge in [0.15, 0.2) is 4.96 Å². The SMILES string of the molecule is Cc1csc2nc(CN3CC(CC(=O)O)C3)cc(=O)n12. The molecule has 2 aromatic rings. The zero-order chi connectivity index (χ0) is 14.3. The van der Waals surface area contributed by atoms with Crippen molar-refractivity contribution in [1.82, 2.24) is 14.3 Å². The van der Waals surface area contributed by atoms with E-state index < -0.39 is 5.97 Å². The van der Waals surface area contributed by atoms with Crippen molar-refractivity contribution in [3.63, 3.8) is 0 Å². The van der Waals surface area contributed by atoms with Gasteiger partial charge in [-0.3, -0.25) is 18.9 Å². The van der Waals surface area contributed by atoms with Gasteiger partial charge in [0.25, 0.3) is 5.56 Å². The number of likely N-dealkylation sites (tertiary alicyclic amines) is 1. The van der Waals surface area contributed by atoms with Crippen LogP contribution in [0.25, 0.3) is 4.96 Å². The Hall–Kier alpha value is -1.73. The first-order chi connectivity index (χ1) is 9.52. The van der Waals surface area contributed by atoms with Gasteiger partial charge in [-0.1, -0.05) is 0 Å². The number of carboxylic acids is 1. The number of carbonyl (C=O) groups is 1. The van der Waals surface area contributed by atoms with Crippen molar-refractivity contribution < 1.29 is 9.90 Å². The van der Waals surface area contributed by atoms with E-state index in [1.54, 1.807) is 10.5 Å². The second-order valence-corrected chi connectivity index (χ2v) is 6.08. The smallest absolute Gasteiger partial charge is 0.303 e. The predicted molar refractivity (Wildman–Crippen MR) is 75.1 cm³/mol. The van der Waals surface area contributed by atoms with E-state index in [2.05, 4.69) is 9.88 Å². The standard InChI is InChI=1S/C13H15N3O3S/c1-8-7-20-13-14-10(3-11(17)16(8)13)6-15-4-9(5-15)2-12(18)19/h3,7,9H,2,4-6H2,1H3,(H,18,19). The van der Waals surface area contributed by atoms with Crippen molar-refractivity contribution >= 4 is 22.3 Å². The molecule has 0 saturated carbocycles. The van der Waals surface area contributed by atoms with Gasteiger partial charge < -0.3 is 5.11 Å². The molecule has 0 amide bonds. The second kappa shape index (κ2) is 4.99. The molecule has 7 heteroatoms. The molecule has 0 unspecified atom stereocenters. The van der Waals surface area contributed by atoms with E-state index in [1.165, 1.54) is 11.3 Å². The molecule has 0 radical (unpaired) electrons. The lowest BCUT2D eigenvalue weighted by atomic mass is 9.96. The van der Waals surface area contributed by atoms with E-state index in [0.717, 1.165) is 24.5 Å². The topological polar surface area (TPSA) is 74.9 Å². The van der Waals surface area contributed by atoms with Crippen LogP contribution in [-0.2, 0) is 11.3 Å². The van der Waals surface area contributed by atoms with Crippen molar-refractivity contribution in [2.75, 3.05) is 13.1 Å². The van der Waals surface area contributed by atoms with Gasteiger partial charge in [-0.2, -0.15) is 0 Å². The number of rotatable bonds is 4.